The number of benzene rings is 4. The molecule has 37 heavy (non-hydrogen) atoms. The number of carbonyl (C=O) groups excluding carboxylic acids is 2. The molecule has 0 saturated carbocycles. The van der Waals surface area contributed by atoms with Gasteiger partial charge in [0.1, 0.15) is 12.4 Å². The van der Waals surface area contributed by atoms with E-state index in [2.05, 4.69) is 5.32 Å². The fraction of sp³-hybridized carbons (Fsp3) is 0.0968. The lowest BCUT2D eigenvalue weighted by molar-refractivity contribution is -0.128. The van der Waals surface area contributed by atoms with Crippen molar-refractivity contribution in [1.82, 2.24) is 0 Å². The van der Waals surface area contributed by atoms with Gasteiger partial charge in [0.05, 0.1) is 7.11 Å². The summed E-state index contributed by atoms with van der Waals surface area (Å²) >= 11 is 0. The van der Waals surface area contributed by atoms with Gasteiger partial charge in [0, 0.05) is 17.3 Å². The van der Waals surface area contributed by atoms with E-state index in [1.54, 1.807) is 49.6 Å². The number of para-hydroxylation sites is 1. The van der Waals surface area contributed by atoms with Gasteiger partial charge in [-0.2, -0.15) is 0 Å². The Kier molecular flexibility index (Phi) is 8.34. The summed E-state index contributed by atoms with van der Waals surface area (Å²) < 4.78 is 16.8. The van der Waals surface area contributed by atoms with Gasteiger partial charge in [-0.25, -0.2) is 4.79 Å². The maximum absolute atomic E-state index is 12.4. The van der Waals surface area contributed by atoms with Crippen LogP contribution in [0.25, 0.3) is 6.08 Å². The van der Waals surface area contributed by atoms with E-state index >= 15 is 0 Å². The molecule has 4 aromatic rings. The molecule has 0 fully saturated rings. The summed E-state index contributed by atoms with van der Waals surface area (Å²) in [5.41, 5.74) is 4.17. The van der Waals surface area contributed by atoms with Crippen molar-refractivity contribution in [1.29, 1.82) is 0 Å². The van der Waals surface area contributed by atoms with Crippen molar-refractivity contribution in [2.45, 2.75) is 13.5 Å². The van der Waals surface area contributed by atoms with Gasteiger partial charge in [0.25, 0.3) is 5.91 Å². The van der Waals surface area contributed by atoms with Crippen LogP contribution in [0, 0.1) is 6.92 Å². The predicted octanol–water partition coefficient (Wildman–Crippen LogP) is 6.45. The Balaban J connectivity index is 1.33. The van der Waals surface area contributed by atoms with E-state index in [0.29, 0.717) is 35.1 Å². The minimum atomic E-state index is -0.541. The molecule has 0 bridgehead atoms. The number of hydrogen-bond donors (Lipinski definition) is 1. The summed E-state index contributed by atoms with van der Waals surface area (Å²) in [5.74, 6) is 0.725. The smallest absolute Gasteiger partial charge is 0.336 e. The first kappa shape index (κ1) is 25.3. The van der Waals surface area contributed by atoms with Crippen LogP contribution in [-0.2, 0) is 11.4 Å². The molecule has 0 heterocycles. The van der Waals surface area contributed by atoms with Gasteiger partial charge in [0.15, 0.2) is 11.5 Å². The van der Waals surface area contributed by atoms with Gasteiger partial charge in [-0.05, 0) is 78.2 Å². The molecular weight excluding hydrogens is 466 g/mol. The minimum Gasteiger partial charge on any atom is -0.493 e. The third kappa shape index (κ3) is 7.08. The summed E-state index contributed by atoms with van der Waals surface area (Å²) in [5, 5.41) is 2.81. The van der Waals surface area contributed by atoms with E-state index in [4.69, 9.17) is 14.2 Å². The Morgan fingerprint density at radius 3 is 2.30 bits per heavy atom. The second kappa shape index (κ2) is 12.2. The van der Waals surface area contributed by atoms with E-state index in [1.807, 2.05) is 67.6 Å². The lowest BCUT2D eigenvalue weighted by atomic mass is 10.1. The summed E-state index contributed by atoms with van der Waals surface area (Å²) in [6, 6.07) is 29.0. The quantitative estimate of drug-likeness (QED) is 0.165. The molecule has 0 aliphatic heterocycles. The van der Waals surface area contributed by atoms with Crippen molar-refractivity contribution < 1.29 is 23.8 Å². The van der Waals surface area contributed by atoms with Crippen molar-refractivity contribution >= 4 is 23.6 Å². The van der Waals surface area contributed by atoms with E-state index in [9.17, 15) is 9.59 Å². The zero-order chi connectivity index (χ0) is 26.0. The molecule has 0 unspecified atom stereocenters. The minimum absolute atomic E-state index is 0.246. The molecule has 6 heteroatoms. The Morgan fingerprint density at radius 1 is 0.838 bits per heavy atom. The van der Waals surface area contributed by atoms with Gasteiger partial charge < -0.3 is 19.5 Å². The average molecular weight is 494 g/mol. The lowest BCUT2D eigenvalue weighted by Gasteiger charge is -2.12. The molecule has 0 atom stereocenters. The second-order valence-electron chi connectivity index (χ2n) is 8.22. The van der Waals surface area contributed by atoms with Crippen LogP contribution >= 0.6 is 0 Å². The first-order chi connectivity index (χ1) is 18.0. The number of rotatable bonds is 9. The van der Waals surface area contributed by atoms with Crippen LogP contribution in [0.5, 0.6) is 17.2 Å². The normalized spacial score (nSPS) is 10.6. The largest absolute Gasteiger partial charge is 0.493 e. The van der Waals surface area contributed by atoms with Crippen molar-refractivity contribution in [2.24, 2.45) is 0 Å². The monoisotopic (exact) mass is 493 g/mol. The maximum Gasteiger partial charge on any atom is 0.336 e. The molecule has 186 valence electrons. The molecule has 0 radical (unpaired) electrons. The number of ether oxygens (including phenoxy) is 3. The number of aryl methyl sites for hydroxylation is 1. The number of anilines is 1. The highest BCUT2D eigenvalue weighted by Crippen LogP contribution is 2.29. The van der Waals surface area contributed by atoms with Gasteiger partial charge in [-0.1, -0.05) is 48.5 Å². The Bertz CT molecular complexity index is 1400. The van der Waals surface area contributed by atoms with Crippen molar-refractivity contribution in [3.63, 3.8) is 0 Å². The fourth-order valence-electron chi connectivity index (χ4n) is 3.55. The molecule has 0 aromatic heterocycles. The van der Waals surface area contributed by atoms with Crippen LogP contribution in [0.3, 0.4) is 0 Å². The molecule has 0 saturated heterocycles. The number of methoxy groups -OCH3 is 1. The second-order valence-corrected chi connectivity index (χ2v) is 8.22. The van der Waals surface area contributed by atoms with E-state index in [-0.39, 0.29) is 5.91 Å². The van der Waals surface area contributed by atoms with Crippen molar-refractivity contribution in [3.8, 4) is 17.2 Å². The number of carbonyl (C=O) groups is 2. The van der Waals surface area contributed by atoms with Crippen LogP contribution in [-0.4, -0.2) is 19.0 Å². The maximum atomic E-state index is 12.4. The van der Waals surface area contributed by atoms with Crippen LogP contribution in [0.1, 0.15) is 27.0 Å². The highest BCUT2D eigenvalue weighted by molar-refractivity contribution is 6.04. The number of nitrogens with one attached hydrogen (secondary N) is 1. The number of amides is 1. The Morgan fingerprint density at radius 2 is 1.57 bits per heavy atom. The van der Waals surface area contributed by atoms with Gasteiger partial charge in [-0.15, -0.1) is 0 Å². The molecule has 6 nitrogen and oxygen atoms in total. The van der Waals surface area contributed by atoms with E-state index in [0.717, 1.165) is 16.7 Å². The third-order valence-electron chi connectivity index (χ3n) is 5.61. The zero-order valence-electron chi connectivity index (χ0n) is 20.6. The van der Waals surface area contributed by atoms with Crippen LogP contribution in [0.4, 0.5) is 5.69 Å². The average Bonchev–Trinajstić information content (AvgIpc) is 2.92. The summed E-state index contributed by atoms with van der Waals surface area (Å²) in [7, 11) is 1.57. The van der Waals surface area contributed by atoms with Crippen molar-refractivity contribution in [2.75, 3.05) is 12.4 Å². The summed E-state index contributed by atoms with van der Waals surface area (Å²) in [4.78, 5) is 24.7. The lowest BCUT2D eigenvalue weighted by Crippen LogP contribution is -2.11. The topological polar surface area (TPSA) is 73.9 Å². The standard InChI is InChI=1S/C31H27NO5/c1-22-8-6-7-9-25(22)21-36-28-18-12-23(20-29(28)35-2)13-19-30(33)37-27-16-14-24(15-17-27)31(34)32-26-10-4-3-5-11-26/h3-20H,21H2,1-2H3,(H,32,34)/b19-13+. The predicted molar refractivity (Wildman–Crippen MR) is 144 cm³/mol. The zero-order valence-corrected chi connectivity index (χ0v) is 20.6. The Labute approximate surface area is 216 Å². The molecule has 0 spiro atoms. The van der Waals surface area contributed by atoms with E-state index < -0.39 is 5.97 Å². The highest BCUT2D eigenvalue weighted by atomic mass is 16.5. The summed E-state index contributed by atoms with van der Waals surface area (Å²) in [6.07, 6.45) is 2.97. The van der Waals surface area contributed by atoms with E-state index in [1.165, 1.54) is 6.08 Å². The summed E-state index contributed by atoms with van der Waals surface area (Å²) in [6.45, 7) is 2.47. The van der Waals surface area contributed by atoms with Crippen LogP contribution < -0.4 is 19.5 Å². The molecule has 4 rings (SSSR count). The van der Waals surface area contributed by atoms with Gasteiger partial charge in [-0.3, -0.25) is 4.79 Å². The fourth-order valence-corrected chi connectivity index (χ4v) is 3.55. The van der Waals surface area contributed by atoms with Gasteiger partial charge >= 0.3 is 5.97 Å². The number of esters is 1. The molecule has 1 N–H and O–H groups in total. The molecular formula is C31H27NO5. The van der Waals surface area contributed by atoms with Crippen LogP contribution in [0.15, 0.2) is 103 Å². The van der Waals surface area contributed by atoms with Gasteiger partial charge in [0.2, 0.25) is 0 Å². The first-order valence-corrected chi connectivity index (χ1v) is 11.7. The first-order valence-electron chi connectivity index (χ1n) is 11.7. The number of hydrogen-bond acceptors (Lipinski definition) is 5. The van der Waals surface area contributed by atoms with Crippen LogP contribution in [0.2, 0.25) is 0 Å². The molecule has 0 aliphatic carbocycles. The molecule has 0 aliphatic rings. The molecule has 4 aromatic carbocycles. The molecule has 1 amide bonds. The Hall–Kier alpha value is -4.84. The third-order valence-corrected chi connectivity index (χ3v) is 5.61. The SMILES string of the molecule is COc1cc(/C=C/C(=O)Oc2ccc(C(=O)Nc3ccccc3)cc2)ccc1OCc1ccccc1C. The highest BCUT2D eigenvalue weighted by Gasteiger charge is 2.09. The van der Waals surface area contributed by atoms with Crippen molar-refractivity contribution in [3.05, 3.63) is 125 Å².